The summed E-state index contributed by atoms with van der Waals surface area (Å²) >= 11 is 0. The molecular formula is C16H24N2O3. The molecule has 2 N–H and O–H groups in total. The molecule has 0 unspecified atom stereocenters. The van der Waals surface area contributed by atoms with Gasteiger partial charge in [0.2, 0.25) is 0 Å². The van der Waals surface area contributed by atoms with Crippen molar-refractivity contribution >= 4 is 17.7 Å². The summed E-state index contributed by atoms with van der Waals surface area (Å²) in [4.78, 5) is 25.3. The Labute approximate surface area is 126 Å². The van der Waals surface area contributed by atoms with E-state index in [9.17, 15) is 14.7 Å². The zero-order valence-corrected chi connectivity index (χ0v) is 12.9. The molecule has 0 aromatic heterocycles. The monoisotopic (exact) mass is 292 g/mol. The maximum Gasteiger partial charge on any atom is 0.321 e. The highest BCUT2D eigenvalue weighted by Gasteiger charge is 2.35. The van der Waals surface area contributed by atoms with Crippen molar-refractivity contribution in [3.8, 4) is 0 Å². The van der Waals surface area contributed by atoms with E-state index in [1.54, 1.807) is 4.90 Å². The lowest BCUT2D eigenvalue weighted by Crippen LogP contribution is -2.47. The molecule has 0 aliphatic heterocycles. The number of carboxylic acids is 1. The number of amides is 2. The Morgan fingerprint density at radius 3 is 2.14 bits per heavy atom. The summed E-state index contributed by atoms with van der Waals surface area (Å²) < 4.78 is 0. The van der Waals surface area contributed by atoms with Gasteiger partial charge in [0.15, 0.2) is 0 Å². The zero-order valence-electron chi connectivity index (χ0n) is 12.9. The lowest BCUT2D eigenvalue weighted by molar-refractivity contribution is -0.149. The third-order valence-corrected chi connectivity index (χ3v) is 4.01. The number of nitrogens with zero attached hydrogens (tertiary/aromatic N) is 1. The van der Waals surface area contributed by atoms with Crippen LogP contribution in [0.25, 0.3) is 0 Å². The van der Waals surface area contributed by atoms with Gasteiger partial charge in [-0.15, -0.1) is 0 Å². The Bertz CT molecular complexity index is 470. The first kappa shape index (κ1) is 17.0. The summed E-state index contributed by atoms with van der Waals surface area (Å²) in [7, 11) is 0. The first-order valence-electron chi connectivity index (χ1n) is 7.34. The molecule has 1 rings (SSSR count). The van der Waals surface area contributed by atoms with Crippen molar-refractivity contribution in [1.29, 1.82) is 0 Å². The fourth-order valence-corrected chi connectivity index (χ4v) is 2.27. The second kappa shape index (κ2) is 7.67. The second-order valence-corrected chi connectivity index (χ2v) is 5.03. The first-order valence-corrected chi connectivity index (χ1v) is 7.34. The Kier molecular flexibility index (Phi) is 6.21. The van der Waals surface area contributed by atoms with Gasteiger partial charge in [-0.2, -0.15) is 0 Å². The van der Waals surface area contributed by atoms with E-state index in [4.69, 9.17) is 0 Å². The topological polar surface area (TPSA) is 69.6 Å². The molecule has 0 aliphatic rings. The van der Waals surface area contributed by atoms with Crippen LogP contribution in [0.3, 0.4) is 0 Å². The predicted molar refractivity (Wildman–Crippen MR) is 83.5 cm³/mol. The average Bonchev–Trinajstić information content (AvgIpc) is 2.50. The number of aliphatic carboxylic acids is 1. The number of hydrogen-bond acceptors (Lipinski definition) is 2. The van der Waals surface area contributed by atoms with Gasteiger partial charge in [-0.05, 0) is 31.9 Å². The maximum atomic E-state index is 12.3. The molecule has 5 heteroatoms. The molecule has 0 bridgehead atoms. The highest BCUT2D eigenvalue weighted by Crippen LogP contribution is 2.26. The van der Waals surface area contributed by atoms with Crippen LogP contribution in [0.2, 0.25) is 0 Å². The van der Waals surface area contributed by atoms with E-state index in [1.807, 2.05) is 51.1 Å². The van der Waals surface area contributed by atoms with Crippen LogP contribution in [0, 0.1) is 5.41 Å². The Morgan fingerprint density at radius 2 is 1.71 bits per heavy atom. The maximum absolute atomic E-state index is 12.3. The van der Waals surface area contributed by atoms with Crippen LogP contribution in [0.5, 0.6) is 0 Å². The average molecular weight is 292 g/mol. The van der Waals surface area contributed by atoms with Crippen molar-refractivity contribution in [3.63, 3.8) is 0 Å². The van der Waals surface area contributed by atoms with E-state index in [2.05, 4.69) is 5.32 Å². The largest absolute Gasteiger partial charge is 0.481 e. The zero-order chi connectivity index (χ0) is 15.9. The molecule has 21 heavy (non-hydrogen) atoms. The van der Waals surface area contributed by atoms with Crippen LogP contribution in [-0.4, -0.2) is 30.2 Å². The summed E-state index contributed by atoms with van der Waals surface area (Å²) in [5, 5.41) is 12.1. The molecule has 0 saturated heterocycles. The molecule has 0 spiro atoms. The number of carboxylic acid groups (broad SMARTS) is 1. The highest BCUT2D eigenvalue weighted by atomic mass is 16.4. The molecule has 0 saturated carbocycles. The minimum atomic E-state index is -0.897. The number of anilines is 1. The number of nitrogens with one attached hydrogen (secondary N) is 1. The number of para-hydroxylation sites is 1. The van der Waals surface area contributed by atoms with E-state index in [1.165, 1.54) is 0 Å². The molecule has 5 nitrogen and oxygen atoms in total. The Hall–Kier alpha value is -2.04. The van der Waals surface area contributed by atoms with Crippen molar-refractivity contribution in [2.75, 3.05) is 18.0 Å². The fraction of sp³-hybridized carbons (Fsp3) is 0.500. The van der Waals surface area contributed by atoms with Crippen LogP contribution in [0.1, 0.15) is 33.6 Å². The van der Waals surface area contributed by atoms with Gasteiger partial charge in [0, 0.05) is 18.8 Å². The van der Waals surface area contributed by atoms with Gasteiger partial charge in [0.25, 0.3) is 0 Å². The lowest BCUT2D eigenvalue weighted by Gasteiger charge is -2.29. The van der Waals surface area contributed by atoms with Crippen molar-refractivity contribution < 1.29 is 14.7 Å². The summed E-state index contributed by atoms with van der Waals surface area (Å²) in [6.07, 6.45) is 0.965. The molecule has 2 amide bonds. The molecule has 0 aliphatic carbocycles. The fourth-order valence-electron chi connectivity index (χ4n) is 2.27. The van der Waals surface area contributed by atoms with Gasteiger partial charge < -0.3 is 10.4 Å². The van der Waals surface area contributed by atoms with E-state index >= 15 is 0 Å². The number of benzene rings is 1. The van der Waals surface area contributed by atoms with E-state index in [0.29, 0.717) is 19.4 Å². The Morgan fingerprint density at radius 1 is 1.14 bits per heavy atom. The molecular weight excluding hydrogens is 268 g/mol. The van der Waals surface area contributed by atoms with Crippen molar-refractivity contribution in [1.82, 2.24) is 5.32 Å². The number of hydrogen-bond donors (Lipinski definition) is 2. The SMILES string of the molecule is CCN(C(=O)NCC(CC)(CC)C(=O)O)c1ccccc1. The van der Waals surface area contributed by atoms with Gasteiger partial charge >= 0.3 is 12.0 Å². The number of carbonyl (C=O) groups is 2. The molecule has 1 aromatic rings. The number of carbonyl (C=O) groups excluding carboxylic acids is 1. The van der Waals surface area contributed by atoms with Crippen LogP contribution in [0.15, 0.2) is 30.3 Å². The van der Waals surface area contributed by atoms with Crippen molar-refractivity contribution in [2.45, 2.75) is 33.6 Å². The smallest absolute Gasteiger partial charge is 0.321 e. The third kappa shape index (κ3) is 3.97. The van der Waals surface area contributed by atoms with Crippen LogP contribution in [-0.2, 0) is 4.79 Å². The van der Waals surface area contributed by atoms with Crippen molar-refractivity contribution in [3.05, 3.63) is 30.3 Å². The first-order chi connectivity index (χ1) is 10.0. The van der Waals surface area contributed by atoms with Gasteiger partial charge in [-0.1, -0.05) is 32.0 Å². The van der Waals surface area contributed by atoms with Gasteiger partial charge in [-0.25, -0.2) is 4.79 Å². The van der Waals surface area contributed by atoms with Crippen LogP contribution < -0.4 is 10.2 Å². The molecule has 116 valence electrons. The lowest BCUT2D eigenvalue weighted by atomic mass is 9.82. The molecule has 0 atom stereocenters. The van der Waals surface area contributed by atoms with Crippen molar-refractivity contribution in [2.24, 2.45) is 5.41 Å². The highest BCUT2D eigenvalue weighted by molar-refractivity contribution is 5.92. The normalized spacial score (nSPS) is 11.0. The van der Waals surface area contributed by atoms with Gasteiger partial charge in [0.05, 0.1) is 5.41 Å². The van der Waals surface area contributed by atoms with Gasteiger partial charge in [-0.3, -0.25) is 9.69 Å². The summed E-state index contributed by atoms with van der Waals surface area (Å²) in [5.74, 6) is -0.865. The number of rotatable bonds is 7. The summed E-state index contributed by atoms with van der Waals surface area (Å²) in [6, 6.07) is 9.06. The quantitative estimate of drug-likeness (QED) is 0.811. The molecule has 0 radical (unpaired) electrons. The van der Waals surface area contributed by atoms with Crippen LogP contribution in [0.4, 0.5) is 10.5 Å². The van der Waals surface area contributed by atoms with Crippen LogP contribution >= 0.6 is 0 Å². The van der Waals surface area contributed by atoms with E-state index in [0.717, 1.165) is 5.69 Å². The summed E-state index contributed by atoms with van der Waals surface area (Å²) in [5.41, 5.74) is -0.0995. The second-order valence-electron chi connectivity index (χ2n) is 5.03. The standard InChI is InChI=1S/C16H24N2O3/c1-4-16(5-2,14(19)20)12-17-15(21)18(6-3)13-10-8-7-9-11-13/h7-11H,4-6,12H2,1-3H3,(H,17,21)(H,19,20). The minimum absolute atomic E-state index is 0.136. The Balaban J connectivity index is 2.78. The van der Waals surface area contributed by atoms with Gasteiger partial charge in [0.1, 0.15) is 0 Å². The third-order valence-electron chi connectivity index (χ3n) is 4.01. The minimum Gasteiger partial charge on any atom is -0.481 e. The molecule has 0 heterocycles. The van der Waals surface area contributed by atoms with E-state index in [-0.39, 0.29) is 12.6 Å². The predicted octanol–water partition coefficient (Wildman–Crippen LogP) is 3.11. The van der Waals surface area contributed by atoms with E-state index < -0.39 is 11.4 Å². The summed E-state index contributed by atoms with van der Waals surface area (Å²) in [6.45, 7) is 6.21. The molecule has 1 aromatic carbocycles. The molecule has 0 fully saturated rings. The number of urea groups is 1.